The molecule has 2 heterocycles. The Morgan fingerprint density at radius 2 is 1.79 bits per heavy atom. The fourth-order valence-electron chi connectivity index (χ4n) is 4.27. The Hall–Kier alpha value is -2.54. The van der Waals surface area contributed by atoms with Crippen LogP contribution in [0, 0.1) is 12.7 Å². The van der Waals surface area contributed by atoms with E-state index in [0.717, 1.165) is 13.1 Å². The average Bonchev–Trinajstić information content (AvgIpc) is 3.23. The number of piperazine rings is 1. The van der Waals surface area contributed by atoms with E-state index in [4.69, 9.17) is 0 Å². The van der Waals surface area contributed by atoms with Crippen LogP contribution < -0.4 is 5.43 Å². The number of aromatic nitrogens is 2. The van der Waals surface area contributed by atoms with E-state index in [1.165, 1.54) is 42.5 Å². The normalized spacial score (nSPS) is 18.6. The summed E-state index contributed by atoms with van der Waals surface area (Å²) in [7, 11) is 0. The predicted octanol–water partition coefficient (Wildman–Crippen LogP) is 2.38. The number of aryl methyl sites for hydroxylation is 1. The van der Waals surface area contributed by atoms with Crippen molar-refractivity contribution in [1.82, 2.24) is 19.6 Å². The number of amides is 1. The van der Waals surface area contributed by atoms with Crippen LogP contribution in [0.4, 0.5) is 4.39 Å². The van der Waals surface area contributed by atoms with Gasteiger partial charge in [-0.1, -0.05) is 25.0 Å². The standard InChI is InChI=1S/C21H25FN4O2/c1-15-14-19(27)20(23-26(15)18-9-5-4-8-17(18)22)21(28)25-12-10-24(11-13-25)16-6-2-3-7-16/h4-5,8-9,14,16H,2-3,6-7,10-13H2,1H3. The summed E-state index contributed by atoms with van der Waals surface area (Å²) in [6.07, 6.45) is 5.04. The molecule has 2 aromatic rings. The Balaban J connectivity index is 1.56. The number of carbonyl (C=O) groups is 1. The zero-order valence-electron chi connectivity index (χ0n) is 16.1. The lowest BCUT2D eigenvalue weighted by atomic mass is 10.1. The highest BCUT2D eigenvalue weighted by Crippen LogP contribution is 2.24. The number of carbonyl (C=O) groups excluding carboxylic acids is 1. The van der Waals surface area contributed by atoms with Gasteiger partial charge in [0, 0.05) is 44.0 Å². The van der Waals surface area contributed by atoms with Gasteiger partial charge in [0.1, 0.15) is 11.5 Å². The molecule has 28 heavy (non-hydrogen) atoms. The summed E-state index contributed by atoms with van der Waals surface area (Å²) in [5, 5.41) is 4.23. The van der Waals surface area contributed by atoms with E-state index in [1.807, 2.05) is 0 Å². The number of hydrogen-bond donors (Lipinski definition) is 0. The van der Waals surface area contributed by atoms with Gasteiger partial charge in [0.15, 0.2) is 5.69 Å². The highest BCUT2D eigenvalue weighted by Gasteiger charge is 2.30. The van der Waals surface area contributed by atoms with Crippen LogP contribution in [0.2, 0.25) is 0 Å². The van der Waals surface area contributed by atoms with Crippen molar-refractivity contribution in [2.75, 3.05) is 26.2 Å². The molecule has 1 saturated carbocycles. The van der Waals surface area contributed by atoms with Crippen LogP contribution in [0.25, 0.3) is 5.69 Å². The molecule has 1 amide bonds. The minimum absolute atomic E-state index is 0.150. The minimum Gasteiger partial charge on any atom is -0.335 e. The fourth-order valence-corrected chi connectivity index (χ4v) is 4.27. The van der Waals surface area contributed by atoms with E-state index in [0.29, 0.717) is 24.8 Å². The van der Waals surface area contributed by atoms with E-state index in [9.17, 15) is 14.0 Å². The number of hydrogen-bond acceptors (Lipinski definition) is 4. The Morgan fingerprint density at radius 1 is 1.11 bits per heavy atom. The molecule has 6 nitrogen and oxygen atoms in total. The molecule has 1 aromatic heterocycles. The van der Waals surface area contributed by atoms with Gasteiger partial charge in [-0.15, -0.1) is 0 Å². The maximum absolute atomic E-state index is 14.2. The SMILES string of the molecule is Cc1cc(=O)c(C(=O)N2CCN(C3CCCC3)CC2)nn1-c1ccccc1F. The molecule has 1 aliphatic carbocycles. The van der Waals surface area contributed by atoms with Crippen molar-refractivity contribution in [1.29, 1.82) is 0 Å². The second-order valence-corrected chi connectivity index (χ2v) is 7.63. The second-order valence-electron chi connectivity index (χ2n) is 7.63. The molecule has 0 unspecified atom stereocenters. The summed E-state index contributed by atoms with van der Waals surface area (Å²) < 4.78 is 15.5. The van der Waals surface area contributed by atoms with Crippen LogP contribution in [0.1, 0.15) is 41.9 Å². The first kappa shape index (κ1) is 18.8. The van der Waals surface area contributed by atoms with Crippen LogP contribution in [0.5, 0.6) is 0 Å². The lowest BCUT2D eigenvalue weighted by Crippen LogP contribution is -2.52. The van der Waals surface area contributed by atoms with Crippen LogP contribution in [0.15, 0.2) is 35.1 Å². The van der Waals surface area contributed by atoms with Crippen LogP contribution >= 0.6 is 0 Å². The van der Waals surface area contributed by atoms with Crippen molar-refractivity contribution in [3.63, 3.8) is 0 Å². The van der Waals surface area contributed by atoms with E-state index in [2.05, 4.69) is 10.00 Å². The quantitative estimate of drug-likeness (QED) is 0.815. The molecular weight excluding hydrogens is 359 g/mol. The first-order valence-electron chi connectivity index (χ1n) is 9.94. The lowest BCUT2D eigenvalue weighted by Gasteiger charge is -2.37. The monoisotopic (exact) mass is 384 g/mol. The molecule has 0 bridgehead atoms. The summed E-state index contributed by atoms with van der Waals surface area (Å²) in [4.78, 5) is 29.6. The largest absolute Gasteiger partial charge is 0.335 e. The summed E-state index contributed by atoms with van der Waals surface area (Å²) in [5.74, 6) is -0.827. The van der Waals surface area contributed by atoms with Gasteiger partial charge in [0.05, 0.1) is 0 Å². The molecule has 1 aliphatic heterocycles. The smallest absolute Gasteiger partial charge is 0.278 e. The van der Waals surface area contributed by atoms with Crippen molar-refractivity contribution in [3.05, 3.63) is 57.8 Å². The van der Waals surface area contributed by atoms with E-state index >= 15 is 0 Å². The lowest BCUT2D eigenvalue weighted by molar-refractivity contribution is 0.0565. The molecule has 0 spiro atoms. The molecule has 0 atom stereocenters. The van der Waals surface area contributed by atoms with Gasteiger partial charge in [0.25, 0.3) is 5.91 Å². The van der Waals surface area contributed by atoms with Gasteiger partial charge in [-0.05, 0) is 31.9 Å². The Bertz CT molecular complexity index is 928. The summed E-state index contributed by atoms with van der Waals surface area (Å²) >= 11 is 0. The molecule has 1 aromatic carbocycles. The summed E-state index contributed by atoms with van der Waals surface area (Å²) in [6, 6.07) is 8.18. The predicted molar refractivity (Wildman–Crippen MR) is 104 cm³/mol. The van der Waals surface area contributed by atoms with Crippen molar-refractivity contribution < 1.29 is 9.18 Å². The minimum atomic E-state index is -0.453. The van der Waals surface area contributed by atoms with Crippen LogP contribution in [-0.4, -0.2) is 57.7 Å². The van der Waals surface area contributed by atoms with E-state index in [1.54, 1.807) is 30.0 Å². The zero-order chi connectivity index (χ0) is 19.7. The maximum Gasteiger partial charge on any atom is 0.278 e. The number of halogens is 1. The topological polar surface area (TPSA) is 58.4 Å². The fraction of sp³-hybridized carbons (Fsp3) is 0.476. The van der Waals surface area contributed by atoms with Crippen molar-refractivity contribution in [3.8, 4) is 5.69 Å². The van der Waals surface area contributed by atoms with Gasteiger partial charge in [-0.3, -0.25) is 14.5 Å². The average molecular weight is 384 g/mol. The highest BCUT2D eigenvalue weighted by molar-refractivity contribution is 5.92. The molecule has 1 saturated heterocycles. The van der Waals surface area contributed by atoms with Crippen LogP contribution in [0.3, 0.4) is 0 Å². The molecule has 2 fully saturated rings. The van der Waals surface area contributed by atoms with Gasteiger partial charge in [-0.2, -0.15) is 5.10 Å². The number of para-hydroxylation sites is 1. The van der Waals surface area contributed by atoms with E-state index in [-0.39, 0.29) is 17.3 Å². The van der Waals surface area contributed by atoms with Crippen molar-refractivity contribution in [2.24, 2.45) is 0 Å². The zero-order valence-corrected chi connectivity index (χ0v) is 16.1. The maximum atomic E-state index is 14.2. The molecule has 7 heteroatoms. The molecule has 0 radical (unpaired) electrons. The van der Waals surface area contributed by atoms with Gasteiger partial charge in [0.2, 0.25) is 5.43 Å². The number of benzene rings is 1. The number of nitrogens with zero attached hydrogens (tertiary/aromatic N) is 4. The second kappa shape index (κ2) is 7.83. The molecule has 0 N–H and O–H groups in total. The molecule has 148 valence electrons. The Kier molecular flexibility index (Phi) is 5.26. The summed E-state index contributed by atoms with van der Waals surface area (Å²) in [5.41, 5.74) is 0.134. The molecule has 2 aliphatic rings. The van der Waals surface area contributed by atoms with Gasteiger partial charge >= 0.3 is 0 Å². The van der Waals surface area contributed by atoms with Gasteiger partial charge < -0.3 is 4.90 Å². The third-order valence-corrected chi connectivity index (χ3v) is 5.83. The first-order valence-corrected chi connectivity index (χ1v) is 9.94. The summed E-state index contributed by atoms with van der Waals surface area (Å²) in [6.45, 7) is 4.50. The van der Waals surface area contributed by atoms with Crippen molar-refractivity contribution in [2.45, 2.75) is 38.6 Å². The van der Waals surface area contributed by atoms with Crippen molar-refractivity contribution >= 4 is 5.91 Å². The molecular formula is C21H25FN4O2. The Morgan fingerprint density at radius 3 is 2.46 bits per heavy atom. The van der Waals surface area contributed by atoms with Crippen LogP contribution in [-0.2, 0) is 0 Å². The van der Waals surface area contributed by atoms with Gasteiger partial charge in [-0.25, -0.2) is 9.07 Å². The first-order chi connectivity index (χ1) is 13.5. The molecule has 4 rings (SSSR count). The third-order valence-electron chi connectivity index (χ3n) is 5.83. The third kappa shape index (κ3) is 3.58. The Labute approximate surface area is 163 Å². The highest BCUT2D eigenvalue weighted by atomic mass is 19.1. The number of rotatable bonds is 3. The van der Waals surface area contributed by atoms with E-state index < -0.39 is 11.2 Å².